The van der Waals surface area contributed by atoms with Crippen molar-refractivity contribution in [2.24, 2.45) is 0 Å². The molecular weight excluding hydrogens is 186 g/mol. The summed E-state index contributed by atoms with van der Waals surface area (Å²) in [4.78, 5) is 4.99. The summed E-state index contributed by atoms with van der Waals surface area (Å²) in [6.45, 7) is 0.683. The molecule has 1 atom stereocenters. The fraction of sp³-hybridized carbons (Fsp3) is 0.400. The zero-order valence-electron chi connectivity index (χ0n) is 7.90. The molecule has 3 heteroatoms. The number of nitrogens with zero attached hydrogens (tertiary/aromatic N) is 1. The van der Waals surface area contributed by atoms with Crippen molar-refractivity contribution in [1.82, 2.24) is 5.06 Å². The van der Waals surface area contributed by atoms with Gasteiger partial charge in [-0.25, -0.2) is 0 Å². The number of hydroxylamine groups is 2. The Bertz CT molecular complexity index is 240. The lowest BCUT2D eigenvalue weighted by Crippen LogP contribution is -2.21. The van der Waals surface area contributed by atoms with Gasteiger partial charge in [-0.1, -0.05) is 30.3 Å². The van der Waals surface area contributed by atoms with E-state index in [2.05, 4.69) is 0 Å². The minimum Gasteiger partial charge on any atom is -0.303 e. The van der Waals surface area contributed by atoms with Crippen LogP contribution in [0, 0.1) is 0 Å². The van der Waals surface area contributed by atoms with Crippen LogP contribution >= 0.6 is 11.6 Å². The number of hydrogen-bond donors (Lipinski definition) is 0. The molecule has 0 N–H and O–H groups in total. The van der Waals surface area contributed by atoms with Gasteiger partial charge >= 0.3 is 0 Å². The average Bonchev–Trinajstić information content (AvgIpc) is 2.19. The van der Waals surface area contributed by atoms with Gasteiger partial charge in [0, 0.05) is 13.6 Å². The Morgan fingerprint density at radius 1 is 1.38 bits per heavy atom. The monoisotopic (exact) mass is 199 g/mol. The maximum Gasteiger partial charge on any atom is 0.0735 e. The van der Waals surface area contributed by atoms with Gasteiger partial charge in [-0.05, 0) is 5.56 Å². The molecule has 0 amide bonds. The Balaban J connectivity index is 2.53. The molecule has 0 bridgehead atoms. The van der Waals surface area contributed by atoms with Crippen LogP contribution in [-0.4, -0.2) is 25.8 Å². The molecular formula is C10H14ClNO. The molecule has 0 fully saturated rings. The summed E-state index contributed by atoms with van der Waals surface area (Å²) < 4.78 is 0. The molecule has 13 heavy (non-hydrogen) atoms. The zero-order valence-corrected chi connectivity index (χ0v) is 8.66. The summed E-state index contributed by atoms with van der Waals surface area (Å²) in [6.07, 6.45) is 0. The molecule has 0 saturated heterocycles. The van der Waals surface area contributed by atoms with E-state index in [1.807, 2.05) is 37.4 Å². The van der Waals surface area contributed by atoms with Crippen LogP contribution in [0.2, 0.25) is 0 Å². The van der Waals surface area contributed by atoms with Gasteiger partial charge in [0.2, 0.25) is 0 Å². The molecule has 1 unspecified atom stereocenters. The maximum atomic E-state index is 6.16. The van der Waals surface area contributed by atoms with Crippen LogP contribution in [0.5, 0.6) is 0 Å². The minimum atomic E-state index is -0.0221. The van der Waals surface area contributed by atoms with Crippen LogP contribution in [0.25, 0.3) is 0 Å². The van der Waals surface area contributed by atoms with E-state index in [9.17, 15) is 0 Å². The van der Waals surface area contributed by atoms with Crippen LogP contribution in [0.3, 0.4) is 0 Å². The third-order valence-corrected chi connectivity index (χ3v) is 2.28. The van der Waals surface area contributed by atoms with E-state index >= 15 is 0 Å². The van der Waals surface area contributed by atoms with E-state index in [1.54, 1.807) is 12.2 Å². The normalized spacial score (nSPS) is 13.2. The van der Waals surface area contributed by atoms with Crippen LogP contribution in [0.15, 0.2) is 30.3 Å². The van der Waals surface area contributed by atoms with E-state index in [1.165, 1.54) is 0 Å². The van der Waals surface area contributed by atoms with Gasteiger partial charge in [0.1, 0.15) is 0 Å². The quantitative estimate of drug-likeness (QED) is 0.546. The fourth-order valence-corrected chi connectivity index (χ4v) is 1.41. The van der Waals surface area contributed by atoms with Crippen LogP contribution < -0.4 is 0 Å². The second-order valence-corrected chi connectivity index (χ2v) is 3.40. The molecule has 0 aromatic heterocycles. The van der Waals surface area contributed by atoms with E-state index in [0.29, 0.717) is 6.54 Å². The maximum absolute atomic E-state index is 6.16. The largest absolute Gasteiger partial charge is 0.303 e. The Morgan fingerprint density at radius 3 is 2.54 bits per heavy atom. The molecule has 0 saturated carbocycles. The standard InChI is InChI=1S/C10H14ClNO/c1-12(13-2)8-10(11)9-6-4-3-5-7-9/h3-7,10H,8H2,1-2H3. The molecule has 1 aromatic carbocycles. The molecule has 1 aromatic rings. The summed E-state index contributed by atoms with van der Waals surface area (Å²) in [5, 5.41) is 1.69. The summed E-state index contributed by atoms with van der Waals surface area (Å²) in [7, 11) is 3.49. The second-order valence-electron chi connectivity index (χ2n) is 2.87. The van der Waals surface area contributed by atoms with Crippen LogP contribution in [0.4, 0.5) is 0 Å². The Kier molecular flexibility index (Phi) is 4.22. The van der Waals surface area contributed by atoms with Crippen molar-refractivity contribution in [3.8, 4) is 0 Å². The van der Waals surface area contributed by atoms with Crippen molar-refractivity contribution in [1.29, 1.82) is 0 Å². The molecule has 0 aliphatic carbocycles. The lowest BCUT2D eigenvalue weighted by atomic mass is 10.1. The molecule has 72 valence electrons. The Labute approximate surface area is 84.0 Å². The van der Waals surface area contributed by atoms with Crippen molar-refractivity contribution in [2.45, 2.75) is 5.38 Å². The predicted molar refractivity (Wildman–Crippen MR) is 54.7 cm³/mol. The number of rotatable bonds is 4. The van der Waals surface area contributed by atoms with Crippen molar-refractivity contribution in [2.75, 3.05) is 20.7 Å². The first-order valence-corrected chi connectivity index (χ1v) is 4.62. The number of benzene rings is 1. The molecule has 0 spiro atoms. The first-order valence-electron chi connectivity index (χ1n) is 4.18. The minimum absolute atomic E-state index is 0.0221. The summed E-state index contributed by atoms with van der Waals surface area (Å²) in [5.74, 6) is 0. The third kappa shape index (κ3) is 3.35. The van der Waals surface area contributed by atoms with Gasteiger partial charge in [-0.15, -0.1) is 11.6 Å². The van der Waals surface area contributed by atoms with Crippen molar-refractivity contribution in [3.05, 3.63) is 35.9 Å². The van der Waals surface area contributed by atoms with Crippen LogP contribution in [-0.2, 0) is 4.84 Å². The third-order valence-electron chi connectivity index (χ3n) is 1.89. The summed E-state index contributed by atoms with van der Waals surface area (Å²) in [5.41, 5.74) is 1.12. The number of hydrogen-bond acceptors (Lipinski definition) is 2. The number of likely N-dealkylation sites (N-methyl/N-ethyl adjacent to an activating group) is 1. The van der Waals surface area contributed by atoms with Gasteiger partial charge in [-0.3, -0.25) is 0 Å². The van der Waals surface area contributed by atoms with E-state index < -0.39 is 0 Å². The molecule has 0 aliphatic rings. The van der Waals surface area contributed by atoms with Gasteiger partial charge in [0.15, 0.2) is 0 Å². The highest BCUT2D eigenvalue weighted by molar-refractivity contribution is 6.20. The lowest BCUT2D eigenvalue weighted by molar-refractivity contribution is -0.108. The summed E-state index contributed by atoms with van der Waals surface area (Å²) >= 11 is 6.16. The van der Waals surface area contributed by atoms with Gasteiger partial charge in [-0.2, -0.15) is 5.06 Å². The van der Waals surface area contributed by atoms with Crippen molar-refractivity contribution < 1.29 is 4.84 Å². The first-order chi connectivity index (χ1) is 6.24. The highest BCUT2D eigenvalue weighted by atomic mass is 35.5. The molecule has 2 nitrogen and oxygen atoms in total. The molecule has 1 rings (SSSR count). The Morgan fingerprint density at radius 2 is 2.00 bits per heavy atom. The van der Waals surface area contributed by atoms with E-state index in [-0.39, 0.29) is 5.38 Å². The average molecular weight is 200 g/mol. The predicted octanol–water partition coefficient (Wildman–Crippen LogP) is 2.46. The van der Waals surface area contributed by atoms with Gasteiger partial charge < -0.3 is 4.84 Å². The van der Waals surface area contributed by atoms with Crippen molar-refractivity contribution >= 4 is 11.6 Å². The number of alkyl halides is 1. The lowest BCUT2D eigenvalue weighted by Gasteiger charge is -2.17. The smallest absolute Gasteiger partial charge is 0.0735 e. The number of halogens is 1. The van der Waals surface area contributed by atoms with Crippen molar-refractivity contribution in [3.63, 3.8) is 0 Å². The molecule has 0 radical (unpaired) electrons. The molecule has 0 heterocycles. The topological polar surface area (TPSA) is 12.5 Å². The SMILES string of the molecule is CON(C)CC(Cl)c1ccccc1. The van der Waals surface area contributed by atoms with Gasteiger partial charge in [0.25, 0.3) is 0 Å². The zero-order chi connectivity index (χ0) is 9.68. The van der Waals surface area contributed by atoms with Gasteiger partial charge in [0.05, 0.1) is 12.5 Å². The molecule has 0 aliphatic heterocycles. The fourth-order valence-electron chi connectivity index (χ4n) is 1.07. The Hall–Kier alpha value is -0.570. The first kappa shape index (κ1) is 10.5. The van der Waals surface area contributed by atoms with E-state index in [0.717, 1.165) is 5.56 Å². The van der Waals surface area contributed by atoms with E-state index in [4.69, 9.17) is 16.4 Å². The highest BCUT2D eigenvalue weighted by Gasteiger charge is 2.09. The second kappa shape index (κ2) is 5.22. The van der Waals surface area contributed by atoms with Crippen LogP contribution in [0.1, 0.15) is 10.9 Å². The summed E-state index contributed by atoms with van der Waals surface area (Å²) in [6, 6.07) is 9.98. The highest BCUT2D eigenvalue weighted by Crippen LogP contribution is 2.20.